The van der Waals surface area contributed by atoms with Gasteiger partial charge in [-0.2, -0.15) is 0 Å². The summed E-state index contributed by atoms with van der Waals surface area (Å²) in [6.07, 6.45) is 6.25. The van der Waals surface area contributed by atoms with E-state index >= 15 is 0 Å². The van der Waals surface area contributed by atoms with E-state index in [2.05, 4.69) is 22.8 Å². The summed E-state index contributed by atoms with van der Waals surface area (Å²) in [5.41, 5.74) is 0. The second-order valence-electron chi connectivity index (χ2n) is 4.57. The first-order valence-corrected chi connectivity index (χ1v) is 5.80. The zero-order chi connectivity index (χ0) is 11.7. The standard InChI is InChI=1S/C12H18N2O2/c1-13-11(15)9-7-3-5-8(6-4-7)10(9)12(16)14-2/h3,5,7-10H,4,6H2,1-2H3,(H,13,15)(H,14,16)/t7-,8-,9-,10-/m0/s1. The molecule has 0 unspecified atom stereocenters. The van der Waals surface area contributed by atoms with Gasteiger partial charge in [-0.25, -0.2) is 0 Å². The fourth-order valence-corrected chi connectivity index (χ4v) is 3.04. The number of allylic oxidation sites excluding steroid dienone is 2. The van der Waals surface area contributed by atoms with Crippen LogP contribution in [0.15, 0.2) is 12.2 Å². The third kappa shape index (κ3) is 1.62. The Morgan fingerprint density at radius 2 is 1.31 bits per heavy atom. The van der Waals surface area contributed by atoms with Crippen LogP contribution in [-0.4, -0.2) is 25.9 Å². The number of carbonyl (C=O) groups is 2. The quantitative estimate of drug-likeness (QED) is 0.660. The van der Waals surface area contributed by atoms with Crippen molar-refractivity contribution in [3.63, 3.8) is 0 Å². The summed E-state index contributed by atoms with van der Waals surface area (Å²) in [5.74, 6) is 0.0715. The molecule has 4 heteroatoms. The third-order valence-electron chi connectivity index (χ3n) is 3.85. The van der Waals surface area contributed by atoms with Gasteiger partial charge in [0.05, 0.1) is 11.8 Å². The summed E-state index contributed by atoms with van der Waals surface area (Å²) in [5, 5.41) is 5.35. The zero-order valence-corrected chi connectivity index (χ0v) is 9.69. The molecule has 3 aliphatic rings. The van der Waals surface area contributed by atoms with Crippen LogP contribution in [0.5, 0.6) is 0 Å². The van der Waals surface area contributed by atoms with Gasteiger partial charge in [-0.05, 0) is 24.7 Å². The van der Waals surface area contributed by atoms with Gasteiger partial charge < -0.3 is 10.6 Å². The largest absolute Gasteiger partial charge is 0.359 e. The summed E-state index contributed by atoms with van der Waals surface area (Å²) in [4.78, 5) is 23.7. The Labute approximate surface area is 95.5 Å². The molecule has 88 valence electrons. The van der Waals surface area contributed by atoms with Crippen LogP contribution in [0.25, 0.3) is 0 Å². The Bertz CT molecular complexity index is 306. The van der Waals surface area contributed by atoms with Crippen LogP contribution in [-0.2, 0) is 9.59 Å². The van der Waals surface area contributed by atoms with Crippen molar-refractivity contribution in [2.24, 2.45) is 23.7 Å². The van der Waals surface area contributed by atoms with Gasteiger partial charge >= 0.3 is 0 Å². The molecule has 0 spiro atoms. The number of hydrogen-bond acceptors (Lipinski definition) is 2. The number of fused-ring (bicyclic) bond motifs is 2. The highest BCUT2D eigenvalue weighted by molar-refractivity contribution is 5.88. The van der Waals surface area contributed by atoms with Gasteiger partial charge in [0, 0.05) is 14.1 Å². The SMILES string of the molecule is CNC(=O)[C@@H]1[C@@H](C(=O)NC)[C@H]2C=C[C@H]1CC2. The lowest BCUT2D eigenvalue weighted by Gasteiger charge is -2.42. The normalized spacial score (nSPS) is 35.9. The lowest BCUT2D eigenvalue weighted by Crippen LogP contribution is -2.50. The van der Waals surface area contributed by atoms with Crippen molar-refractivity contribution in [3.05, 3.63) is 12.2 Å². The molecule has 1 fully saturated rings. The van der Waals surface area contributed by atoms with E-state index in [0.29, 0.717) is 0 Å². The topological polar surface area (TPSA) is 58.2 Å². The molecule has 2 N–H and O–H groups in total. The van der Waals surface area contributed by atoms with E-state index in [4.69, 9.17) is 0 Å². The van der Waals surface area contributed by atoms with Crippen molar-refractivity contribution < 1.29 is 9.59 Å². The van der Waals surface area contributed by atoms with Crippen LogP contribution in [0.3, 0.4) is 0 Å². The molecule has 3 rings (SSSR count). The molecule has 0 aromatic heterocycles. The van der Waals surface area contributed by atoms with Crippen LogP contribution >= 0.6 is 0 Å². The minimum Gasteiger partial charge on any atom is -0.359 e. The van der Waals surface area contributed by atoms with Crippen molar-refractivity contribution in [1.82, 2.24) is 10.6 Å². The van der Waals surface area contributed by atoms with E-state index < -0.39 is 0 Å². The number of hydrogen-bond donors (Lipinski definition) is 2. The van der Waals surface area contributed by atoms with Gasteiger partial charge in [0.25, 0.3) is 0 Å². The van der Waals surface area contributed by atoms with E-state index in [1.54, 1.807) is 14.1 Å². The van der Waals surface area contributed by atoms with Crippen molar-refractivity contribution in [1.29, 1.82) is 0 Å². The summed E-state index contributed by atoms with van der Waals surface area (Å²) < 4.78 is 0. The van der Waals surface area contributed by atoms with E-state index in [-0.39, 0.29) is 35.5 Å². The predicted octanol–water partition coefficient (Wildman–Crippen LogP) is 0.307. The van der Waals surface area contributed by atoms with Crippen LogP contribution in [0, 0.1) is 23.7 Å². The molecular formula is C12H18N2O2. The molecule has 16 heavy (non-hydrogen) atoms. The summed E-state index contributed by atoms with van der Waals surface area (Å²) >= 11 is 0. The van der Waals surface area contributed by atoms with Crippen LogP contribution in [0.1, 0.15) is 12.8 Å². The molecule has 0 aliphatic heterocycles. The lowest BCUT2D eigenvalue weighted by molar-refractivity contribution is -0.140. The molecule has 0 heterocycles. The first-order chi connectivity index (χ1) is 7.69. The molecule has 2 bridgehead atoms. The monoisotopic (exact) mass is 222 g/mol. The molecule has 1 saturated carbocycles. The molecule has 4 atom stereocenters. The Morgan fingerprint density at radius 3 is 1.56 bits per heavy atom. The maximum atomic E-state index is 11.9. The number of rotatable bonds is 2. The van der Waals surface area contributed by atoms with Crippen LogP contribution in [0.4, 0.5) is 0 Å². The minimum absolute atomic E-state index is 0.00681. The van der Waals surface area contributed by atoms with E-state index in [1.165, 1.54) is 0 Å². The Kier molecular flexibility index (Phi) is 2.99. The van der Waals surface area contributed by atoms with Gasteiger partial charge in [0.1, 0.15) is 0 Å². The number of nitrogens with one attached hydrogen (secondary N) is 2. The first kappa shape index (κ1) is 11.2. The summed E-state index contributed by atoms with van der Waals surface area (Å²) in [6.45, 7) is 0. The van der Waals surface area contributed by atoms with Gasteiger partial charge in [0.15, 0.2) is 0 Å². The second-order valence-corrected chi connectivity index (χ2v) is 4.57. The fraction of sp³-hybridized carbons (Fsp3) is 0.667. The molecule has 2 amide bonds. The molecule has 3 aliphatic carbocycles. The maximum absolute atomic E-state index is 11.9. The Morgan fingerprint density at radius 1 is 0.938 bits per heavy atom. The minimum atomic E-state index is -0.186. The van der Waals surface area contributed by atoms with Gasteiger partial charge in [-0.3, -0.25) is 9.59 Å². The fourth-order valence-electron chi connectivity index (χ4n) is 3.04. The van der Waals surface area contributed by atoms with E-state index in [0.717, 1.165) is 12.8 Å². The highest BCUT2D eigenvalue weighted by atomic mass is 16.2. The Balaban J connectivity index is 2.29. The molecular weight excluding hydrogens is 204 g/mol. The third-order valence-corrected chi connectivity index (χ3v) is 3.85. The van der Waals surface area contributed by atoms with Crippen molar-refractivity contribution >= 4 is 11.8 Å². The van der Waals surface area contributed by atoms with Gasteiger partial charge in [-0.1, -0.05) is 12.2 Å². The molecule has 0 aromatic rings. The van der Waals surface area contributed by atoms with Gasteiger partial charge in [0.2, 0.25) is 11.8 Å². The predicted molar refractivity (Wildman–Crippen MR) is 60.5 cm³/mol. The first-order valence-electron chi connectivity index (χ1n) is 5.80. The zero-order valence-electron chi connectivity index (χ0n) is 9.69. The highest BCUT2D eigenvalue weighted by Crippen LogP contribution is 2.44. The maximum Gasteiger partial charge on any atom is 0.224 e. The summed E-state index contributed by atoms with van der Waals surface area (Å²) in [6, 6.07) is 0. The molecule has 0 aromatic carbocycles. The molecule has 0 radical (unpaired) electrons. The number of carbonyl (C=O) groups excluding carboxylic acids is 2. The Hall–Kier alpha value is -1.32. The van der Waals surface area contributed by atoms with Crippen LogP contribution in [0.2, 0.25) is 0 Å². The highest BCUT2D eigenvalue weighted by Gasteiger charge is 2.47. The summed E-state index contributed by atoms with van der Waals surface area (Å²) in [7, 11) is 3.27. The number of amides is 2. The van der Waals surface area contributed by atoms with Crippen molar-refractivity contribution in [2.75, 3.05) is 14.1 Å². The van der Waals surface area contributed by atoms with Crippen molar-refractivity contribution in [3.8, 4) is 0 Å². The molecule has 4 nitrogen and oxygen atoms in total. The van der Waals surface area contributed by atoms with Crippen molar-refractivity contribution in [2.45, 2.75) is 12.8 Å². The van der Waals surface area contributed by atoms with Gasteiger partial charge in [-0.15, -0.1) is 0 Å². The second kappa shape index (κ2) is 4.28. The van der Waals surface area contributed by atoms with Crippen LogP contribution < -0.4 is 10.6 Å². The van der Waals surface area contributed by atoms with E-state index in [1.807, 2.05) is 0 Å². The lowest BCUT2D eigenvalue weighted by atomic mass is 9.61. The smallest absolute Gasteiger partial charge is 0.224 e. The average molecular weight is 222 g/mol. The average Bonchev–Trinajstić information content (AvgIpc) is 2.37. The van der Waals surface area contributed by atoms with E-state index in [9.17, 15) is 9.59 Å². The molecule has 0 saturated heterocycles.